The zero-order valence-electron chi connectivity index (χ0n) is 13.0. The van der Waals surface area contributed by atoms with Gasteiger partial charge in [0.2, 0.25) is 5.88 Å². The van der Waals surface area contributed by atoms with E-state index < -0.39 is 12.0 Å². The molecule has 0 radical (unpaired) electrons. The van der Waals surface area contributed by atoms with E-state index >= 15 is 0 Å². The highest BCUT2D eigenvalue weighted by Gasteiger charge is 2.25. The van der Waals surface area contributed by atoms with Gasteiger partial charge in [-0.3, -0.25) is 9.56 Å². The fourth-order valence-electron chi connectivity index (χ4n) is 2.69. The molecule has 124 valence electrons. The van der Waals surface area contributed by atoms with E-state index in [4.69, 9.17) is 12.2 Å². The van der Waals surface area contributed by atoms with Crippen molar-refractivity contribution < 1.29 is 15.0 Å². The smallest absolute Gasteiger partial charge is 0.326 e. The highest BCUT2D eigenvalue weighted by atomic mass is 32.1. The minimum Gasteiger partial charge on any atom is -0.493 e. The molecule has 0 spiro atoms. The molecule has 0 unspecified atom stereocenters. The van der Waals surface area contributed by atoms with Crippen molar-refractivity contribution in [3.05, 3.63) is 38.7 Å². The van der Waals surface area contributed by atoms with Gasteiger partial charge in [-0.2, -0.15) is 0 Å². The number of hydrogen-bond acceptors (Lipinski definition) is 5. The normalized spacial score (nSPS) is 15.6. The molecule has 3 rings (SSSR count). The van der Waals surface area contributed by atoms with Crippen LogP contribution in [-0.4, -0.2) is 27.0 Å². The van der Waals surface area contributed by atoms with Gasteiger partial charge in [-0.25, -0.2) is 4.79 Å². The van der Waals surface area contributed by atoms with Gasteiger partial charge in [-0.1, -0.05) is 31.5 Å². The summed E-state index contributed by atoms with van der Waals surface area (Å²) in [6.45, 7) is 1.90. The van der Waals surface area contributed by atoms with Crippen LogP contribution in [0.4, 0.5) is 5.69 Å². The number of thiazole rings is 1. The molecule has 0 aliphatic carbocycles. The minimum absolute atomic E-state index is 0.101. The molecule has 1 aliphatic rings. The van der Waals surface area contributed by atoms with Gasteiger partial charge < -0.3 is 10.2 Å². The summed E-state index contributed by atoms with van der Waals surface area (Å²) in [5.41, 5.74) is 2.72. The fraction of sp³-hybridized carbons (Fsp3) is 0.235. The molecule has 0 amide bonds. The Balaban J connectivity index is 2.05. The summed E-state index contributed by atoms with van der Waals surface area (Å²) in [7, 11) is 0. The number of nitrogens with zero attached hydrogens (tertiary/aromatic N) is 2. The van der Waals surface area contributed by atoms with Gasteiger partial charge in [-0.15, -0.1) is 11.3 Å². The Kier molecular flexibility index (Phi) is 4.64. The van der Waals surface area contributed by atoms with E-state index in [1.54, 1.807) is 12.3 Å². The Bertz CT molecular complexity index is 909. The molecule has 1 aliphatic heterocycles. The number of aromatic hydroxyl groups is 1. The van der Waals surface area contributed by atoms with Gasteiger partial charge in [0.1, 0.15) is 6.04 Å². The number of carboxylic acids is 1. The van der Waals surface area contributed by atoms with Gasteiger partial charge >= 0.3 is 5.97 Å². The third kappa shape index (κ3) is 2.92. The first-order valence-corrected chi connectivity index (χ1v) is 8.77. The number of benzene rings is 1. The van der Waals surface area contributed by atoms with Crippen LogP contribution in [0.15, 0.2) is 29.3 Å². The molecular formula is C17H16N2O3S2. The highest BCUT2D eigenvalue weighted by molar-refractivity contribution is 7.73. The zero-order chi connectivity index (χ0) is 17.3. The molecule has 0 saturated carbocycles. The first-order valence-electron chi connectivity index (χ1n) is 7.55. The average molecular weight is 360 g/mol. The standard InChI is InChI=1S/C17H16N2O3S2/c1-2-5-13(16(21)22)19-15(20)14(24-17(19)23)8-10-9-18-12-7-4-3-6-11(10)12/h3-4,6-9,13,20H,2,5H2,1H3,(H,21,22)/t13-/m1/s1. The van der Waals surface area contributed by atoms with Crippen molar-refractivity contribution in [2.75, 3.05) is 0 Å². The molecule has 2 heterocycles. The molecule has 2 aromatic rings. The second kappa shape index (κ2) is 6.70. The first kappa shape index (κ1) is 16.6. The van der Waals surface area contributed by atoms with Gasteiger partial charge in [0.25, 0.3) is 0 Å². The quantitative estimate of drug-likeness (QED) is 0.760. The third-order valence-electron chi connectivity index (χ3n) is 3.85. The minimum atomic E-state index is -0.993. The zero-order valence-corrected chi connectivity index (χ0v) is 14.6. The molecule has 24 heavy (non-hydrogen) atoms. The van der Waals surface area contributed by atoms with Crippen molar-refractivity contribution in [2.45, 2.75) is 25.8 Å². The summed E-state index contributed by atoms with van der Waals surface area (Å²) in [6.07, 6.45) is 4.63. The number of rotatable bonds is 5. The predicted octanol–water partition coefficient (Wildman–Crippen LogP) is 4.67. The van der Waals surface area contributed by atoms with E-state index in [1.165, 1.54) is 15.9 Å². The van der Waals surface area contributed by atoms with Crippen LogP contribution in [0.5, 0.6) is 5.88 Å². The third-order valence-corrected chi connectivity index (χ3v) is 5.18. The highest BCUT2D eigenvalue weighted by Crippen LogP contribution is 2.37. The van der Waals surface area contributed by atoms with E-state index in [2.05, 4.69) is 4.99 Å². The van der Waals surface area contributed by atoms with Crippen LogP contribution in [-0.2, 0) is 4.79 Å². The Morgan fingerprint density at radius 2 is 2.21 bits per heavy atom. The molecule has 1 aromatic carbocycles. The van der Waals surface area contributed by atoms with Crippen molar-refractivity contribution in [3.8, 4) is 5.88 Å². The molecule has 0 saturated heterocycles. The van der Waals surface area contributed by atoms with E-state index in [0.717, 1.165) is 16.8 Å². The number of fused-ring (bicyclic) bond motifs is 1. The predicted molar refractivity (Wildman–Crippen MR) is 98.9 cm³/mol. The summed E-state index contributed by atoms with van der Waals surface area (Å²) in [5, 5.41) is 19.9. The molecule has 5 nitrogen and oxygen atoms in total. The van der Waals surface area contributed by atoms with E-state index in [1.807, 2.05) is 31.2 Å². The monoisotopic (exact) mass is 360 g/mol. The molecule has 1 aromatic heterocycles. The summed E-state index contributed by atoms with van der Waals surface area (Å²) >= 11 is 6.48. The van der Waals surface area contributed by atoms with Crippen molar-refractivity contribution in [1.29, 1.82) is 0 Å². The van der Waals surface area contributed by atoms with Crippen LogP contribution in [0, 0.1) is 3.95 Å². The summed E-state index contributed by atoms with van der Waals surface area (Å²) in [6, 6.07) is 6.87. The second-order valence-electron chi connectivity index (χ2n) is 5.44. The Hall–Kier alpha value is -2.25. The maximum absolute atomic E-state index is 11.5. The van der Waals surface area contributed by atoms with Crippen LogP contribution in [0.2, 0.25) is 0 Å². The Labute approximate surface area is 148 Å². The van der Waals surface area contributed by atoms with Gasteiger partial charge in [0.05, 0.1) is 10.6 Å². The Morgan fingerprint density at radius 3 is 2.92 bits per heavy atom. The first-order chi connectivity index (χ1) is 11.5. The lowest BCUT2D eigenvalue weighted by Crippen LogP contribution is -2.18. The molecule has 0 bridgehead atoms. The number of para-hydroxylation sites is 1. The van der Waals surface area contributed by atoms with Crippen LogP contribution < -0.4 is 0 Å². The lowest BCUT2D eigenvalue weighted by atomic mass is 10.1. The summed E-state index contributed by atoms with van der Waals surface area (Å²) in [5.74, 6) is -1.09. The van der Waals surface area contributed by atoms with Gasteiger partial charge in [0.15, 0.2) is 3.95 Å². The molecule has 1 atom stereocenters. The maximum atomic E-state index is 11.5. The van der Waals surface area contributed by atoms with Gasteiger partial charge in [0, 0.05) is 17.4 Å². The number of carbonyl (C=O) groups is 1. The van der Waals surface area contributed by atoms with Gasteiger partial charge in [-0.05, 0) is 30.8 Å². The van der Waals surface area contributed by atoms with Crippen molar-refractivity contribution >= 4 is 53.1 Å². The molecule has 2 N–H and O–H groups in total. The number of aliphatic imine (C=N–C) groups is 1. The maximum Gasteiger partial charge on any atom is 0.326 e. The number of carboxylic acid groups (broad SMARTS) is 1. The van der Waals surface area contributed by atoms with Crippen molar-refractivity contribution in [1.82, 2.24) is 4.57 Å². The van der Waals surface area contributed by atoms with Crippen LogP contribution in [0.3, 0.4) is 0 Å². The fourth-order valence-corrected chi connectivity index (χ4v) is 4.05. The second-order valence-corrected chi connectivity index (χ2v) is 7.12. The van der Waals surface area contributed by atoms with E-state index in [0.29, 0.717) is 21.7 Å². The van der Waals surface area contributed by atoms with E-state index in [-0.39, 0.29) is 5.88 Å². The molecule has 7 heteroatoms. The summed E-state index contributed by atoms with van der Waals surface area (Å²) < 4.78 is 1.68. The topological polar surface area (TPSA) is 74.8 Å². The van der Waals surface area contributed by atoms with E-state index in [9.17, 15) is 15.0 Å². The Morgan fingerprint density at radius 1 is 1.46 bits per heavy atom. The van der Waals surface area contributed by atoms with Crippen LogP contribution in [0.25, 0.3) is 11.6 Å². The van der Waals surface area contributed by atoms with Crippen LogP contribution >= 0.6 is 23.6 Å². The summed E-state index contributed by atoms with van der Waals surface area (Å²) in [4.78, 5) is 16.4. The van der Waals surface area contributed by atoms with Crippen molar-refractivity contribution in [2.24, 2.45) is 4.99 Å². The number of hydrogen-bond donors (Lipinski definition) is 2. The van der Waals surface area contributed by atoms with Crippen LogP contribution in [0.1, 0.15) is 36.2 Å². The molecular weight excluding hydrogens is 344 g/mol. The number of aliphatic carboxylic acids is 1. The molecule has 0 fully saturated rings. The average Bonchev–Trinajstić information content (AvgIpc) is 3.08. The van der Waals surface area contributed by atoms with Crippen molar-refractivity contribution in [3.63, 3.8) is 0 Å². The lowest BCUT2D eigenvalue weighted by molar-refractivity contribution is -0.141. The largest absolute Gasteiger partial charge is 0.493 e. The number of allylic oxidation sites excluding steroid dienone is 1. The lowest BCUT2D eigenvalue weighted by Gasteiger charge is -2.14. The number of aromatic nitrogens is 1. The SMILES string of the molecule is CCC[C@H](C(=O)O)n1c(O)c(C=C2C=Nc3ccccc32)sc1=S.